The molecular formula is C15H23N3O2. The van der Waals surface area contributed by atoms with Crippen LogP contribution in [0.3, 0.4) is 0 Å². The molecular weight excluding hydrogens is 254 g/mol. The summed E-state index contributed by atoms with van der Waals surface area (Å²) in [6, 6.07) is 7.74. The van der Waals surface area contributed by atoms with Crippen molar-refractivity contribution in [2.45, 2.75) is 40.2 Å². The minimum atomic E-state index is -1.01. The average Bonchev–Trinajstić information content (AvgIpc) is 2.45. The first-order chi connectivity index (χ1) is 9.36. The first-order valence-electron chi connectivity index (χ1n) is 6.71. The standard InChI is InChI=1S/C15H23N3O2/c1-5-15(4,13(16)18-20)14(19)17-11(3)12-9-7-6-8-10(12)2/h6-9,11,20H,5H2,1-4H3,(H2,16,18)(H,17,19). The normalized spacial score (nSPS) is 16.3. The molecule has 110 valence electrons. The van der Waals surface area contributed by atoms with Crippen LogP contribution in [0.5, 0.6) is 0 Å². The number of amidine groups is 1. The van der Waals surface area contributed by atoms with Crippen molar-refractivity contribution in [1.29, 1.82) is 0 Å². The molecule has 0 aromatic heterocycles. The number of aryl methyl sites for hydroxylation is 1. The van der Waals surface area contributed by atoms with Crippen LogP contribution >= 0.6 is 0 Å². The number of carbonyl (C=O) groups is 1. The van der Waals surface area contributed by atoms with E-state index in [9.17, 15) is 4.79 Å². The van der Waals surface area contributed by atoms with Crippen LogP contribution in [-0.2, 0) is 4.79 Å². The van der Waals surface area contributed by atoms with E-state index in [1.54, 1.807) is 6.92 Å². The van der Waals surface area contributed by atoms with Crippen LogP contribution in [0.2, 0.25) is 0 Å². The summed E-state index contributed by atoms with van der Waals surface area (Å²) in [6.45, 7) is 7.42. The van der Waals surface area contributed by atoms with Crippen molar-refractivity contribution in [1.82, 2.24) is 5.32 Å². The number of nitrogens with two attached hydrogens (primary N) is 1. The van der Waals surface area contributed by atoms with Crippen molar-refractivity contribution >= 4 is 11.7 Å². The highest BCUT2D eigenvalue weighted by atomic mass is 16.4. The van der Waals surface area contributed by atoms with Gasteiger partial charge in [0, 0.05) is 0 Å². The molecule has 2 unspecified atom stereocenters. The molecule has 5 nitrogen and oxygen atoms in total. The number of carbonyl (C=O) groups excluding carboxylic acids is 1. The second-order valence-electron chi connectivity index (χ2n) is 5.22. The molecule has 0 spiro atoms. The monoisotopic (exact) mass is 277 g/mol. The molecule has 0 aliphatic rings. The van der Waals surface area contributed by atoms with E-state index in [1.165, 1.54) is 0 Å². The molecule has 20 heavy (non-hydrogen) atoms. The average molecular weight is 277 g/mol. The Morgan fingerprint density at radius 3 is 2.60 bits per heavy atom. The SMILES string of the molecule is CCC(C)(C(=O)NC(C)c1ccccc1C)/C(N)=N/O. The topological polar surface area (TPSA) is 87.7 Å². The number of amides is 1. The molecule has 4 N–H and O–H groups in total. The van der Waals surface area contributed by atoms with Gasteiger partial charge in [0.2, 0.25) is 5.91 Å². The molecule has 0 bridgehead atoms. The number of oxime groups is 1. The molecule has 0 saturated heterocycles. The second-order valence-corrected chi connectivity index (χ2v) is 5.22. The summed E-state index contributed by atoms with van der Waals surface area (Å²) in [4.78, 5) is 12.4. The van der Waals surface area contributed by atoms with Gasteiger partial charge in [-0.1, -0.05) is 36.3 Å². The lowest BCUT2D eigenvalue weighted by Gasteiger charge is -2.28. The van der Waals surface area contributed by atoms with E-state index in [0.29, 0.717) is 6.42 Å². The predicted octanol–water partition coefficient (Wildman–Crippen LogP) is 2.33. The number of nitrogens with zero attached hydrogens (tertiary/aromatic N) is 1. The Hall–Kier alpha value is -2.04. The summed E-state index contributed by atoms with van der Waals surface area (Å²) < 4.78 is 0. The zero-order chi connectivity index (χ0) is 15.3. The summed E-state index contributed by atoms with van der Waals surface area (Å²) in [7, 11) is 0. The van der Waals surface area contributed by atoms with Crippen molar-refractivity contribution in [3.8, 4) is 0 Å². The van der Waals surface area contributed by atoms with Crippen LogP contribution in [-0.4, -0.2) is 17.0 Å². The van der Waals surface area contributed by atoms with Gasteiger partial charge in [0.1, 0.15) is 5.41 Å². The number of nitrogens with one attached hydrogen (secondary N) is 1. The van der Waals surface area contributed by atoms with Crippen LogP contribution in [0.25, 0.3) is 0 Å². The first kappa shape index (κ1) is 16.0. The van der Waals surface area contributed by atoms with Crippen LogP contribution in [0.4, 0.5) is 0 Å². The maximum absolute atomic E-state index is 12.4. The van der Waals surface area contributed by atoms with Gasteiger partial charge in [-0.05, 0) is 38.3 Å². The Bertz CT molecular complexity index is 514. The van der Waals surface area contributed by atoms with E-state index in [2.05, 4.69) is 10.5 Å². The van der Waals surface area contributed by atoms with E-state index in [-0.39, 0.29) is 17.8 Å². The lowest BCUT2D eigenvalue weighted by Crippen LogP contribution is -2.48. The number of rotatable bonds is 5. The minimum Gasteiger partial charge on any atom is -0.409 e. The molecule has 1 amide bonds. The number of hydrogen-bond acceptors (Lipinski definition) is 3. The Kier molecular flexibility index (Phi) is 5.13. The summed E-state index contributed by atoms with van der Waals surface area (Å²) in [5.41, 5.74) is 6.81. The third-order valence-corrected chi connectivity index (χ3v) is 3.88. The fourth-order valence-electron chi connectivity index (χ4n) is 2.07. The Labute approximate surface area is 119 Å². The second kappa shape index (κ2) is 6.41. The smallest absolute Gasteiger partial charge is 0.234 e. The van der Waals surface area contributed by atoms with Gasteiger partial charge in [-0.15, -0.1) is 0 Å². The molecule has 0 radical (unpaired) electrons. The predicted molar refractivity (Wildman–Crippen MR) is 79.5 cm³/mol. The summed E-state index contributed by atoms with van der Waals surface area (Å²) in [5, 5.41) is 14.7. The summed E-state index contributed by atoms with van der Waals surface area (Å²) in [6.07, 6.45) is 0.454. The van der Waals surface area contributed by atoms with E-state index >= 15 is 0 Å². The van der Waals surface area contributed by atoms with Crippen molar-refractivity contribution in [2.75, 3.05) is 0 Å². The van der Waals surface area contributed by atoms with Gasteiger partial charge in [0.25, 0.3) is 0 Å². The number of benzene rings is 1. The van der Waals surface area contributed by atoms with Crippen LogP contribution < -0.4 is 11.1 Å². The molecule has 0 heterocycles. The fraction of sp³-hybridized carbons (Fsp3) is 0.467. The van der Waals surface area contributed by atoms with Crippen LogP contribution in [0.1, 0.15) is 44.4 Å². The maximum Gasteiger partial charge on any atom is 0.234 e. The minimum absolute atomic E-state index is 0.0746. The molecule has 2 atom stereocenters. The lowest BCUT2D eigenvalue weighted by atomic mass is 9.84. The summed E-state index contributed by atoms with van der Waals surface area (Å²) >= 11 is 0. The van der Waals surface area contributed by atoms with Gasteiger partial charge in [-0.3, -0.25) is 4.79 Å². The van der Waals surface area contributed by atoms with Crippen molar-refractivity contribution < 1.29 is 10.0 Å². The zero-order valence-electron chi connectivity index (χ0n) is 12.5. The molecule has 0 saturated carbocycles. The van der Waals surface area contributed by atoms with Gasteiger partial charge >= 0.3 is 0 Å². The summed E-state index contributed by atoms with van der Waals surface area (Å²) in [5.74, 6) is -0.319. The van der Waals surface area contributed by atoms with Crippen molar-refractivity contribution in [3.05, 3.63) is 35.4 Å². The van der Waals surface area contributed by atoms with E-state index in [4.69, 9.17) is 10.9 Å². The van der Waals surface area contributed by atoms with Crippen LogP contribution in [0.15, 0.2) is 29.4 Å². The van der Waals surface area contributed by atoms with E-state index in [1.807, 2.05) is 45.0 Å². The zero-order valence-corrected chi connectivity index (χ0v) is 12.5. The quantitative estimate of drug-likeness (QED) is 0.334. The number of hydrogen-bond donors (Lipinski definition) is 3. The molecule has 0 aliphatic heterocycles. The van der Waals surface area contributed by atoms with Gasteiger partial charge in [-0.2, -0.15) is 0 Å². The Balaban J connectivity index is 2.93. The fourth-order valence-corrected chi connectivity index (χ4v) is 2.07. The molecule has 1 aromatic carbocycles. The Morgan fingerprint density at radius 1 is 1.50 bits per heavy atom. The molecule has 0 aliphatic carbocycles. The van der Waals surface area contributed by atoms with Gasteiger partial charge in [0.05, 0.1) is 6.04 Å². The molecule has 1 aromatic rings. The van der Waals surface area contributed by atoms with Gasteiger partial charge in [-0.25, -0.2) is 0 Å². The van der Waals surface area contributed by atoms with Crippen molar-refractivity contribution in [2.24, 2.45) is 16.3 Å². The largest absolute Gasteiger partial charge is 0.409 e. The maximum atomic E-state index is 12.4. The lowest BCUT2D eigenvalue weighted by molar-refractivity contribution is -0.127. The van der Waals surface area contributed by atoms with Gasteiger partial charge < -0.3 is 16.3 Å². The van der Waals surface area contributed by atoms with Crippen molar-refractivity contribution in [3.63, 3.8) is 0 Å². The van der Waals surface area contributed by atoms with Crippen LogP contribution in [0, 0.1) is 12.3 Å². The van der Waals surface area contributed by atoms with Gasteiger partial charge in [0.15, 0.2) is 5.84 Å². The molecule has 1 rings (SSSR count). The highest BCUT2D eigenvalue weighted by Crippen LogP contribution is 2.24. The highest BCUT2D eigenvalue weighted by Gasteiger charge is 2.37. The highest BCUT2D eigenvalue weighted by molar-refractivity contribution is 6.06. The molecule has 0 fully saturated rings. The molecule has 5 heteroatoms. The van der Waals surface area contributed by atoms with E-state index < -0.39 is 5.41 Å². The third-order valence-electron chi connectivity index (χ3n) is 3.88. The third kappa shape index (κ3) is 3.10. The first-order valence-corrected chi connectivity index (χ1v) is 6.71. The Morgan fingerprint density at radius 2 is 2.10 bits per heavy atom. The van der Waals surface area contributed by atoms with E-state index in [0.717, 1.165) is 11.1 Å².